The number of carbonyl (C=O) groups excluding carboxylic acids is 1. The Kier molecular flexibility index (Phi) is 15.5. The minimum absolute atomic E-state index is 0.206. The molecular formula is C6H13BrO2S. The minimum atomic E-state index is -0.206. The molecule has 0 amide bonds. The highest BCUT2D eigenvalue weighted by atomic mass is 79.9. The van der Waals surface area contributed by atoms with Gasteiger partial charge in [0.1, 0.15) is 5.33 Å². The van der Waals surface area contributed by atoms with Crippen molar-refractivity contribution in [3.8, 4) is 0 Å². The van der Waals surface area contributed by atoms with Gasteiger partial charge in [0, 0.05) is 0 Å². The highest BCUT2D eigenvalue weighted by Crippen LogP contribution is 1.82. The fourth-order valence-electron chi connectivity index (χ4n) is 0.200. The van der Waals surface area contributed by atoms with Crippen LogP contribution in [0.1, 0.15) is 6.92 Å². The first kappa shape index (κ1) is 12.9. The number of rotatable bonds is 2. The topological polar surface area (TPSA) is 26.3 Å². The van der Waals surface area contributed by atoms with Gasteiger partial charge in [0.15, 0.2) is 0 Å². The van der Waals surface area contributed by atoms with E-state index in [1.165, 1.54) is 0 Å². The van der Waals surface area contributed by atoms with E-state index in [-0.39, 0.29) is 5.97 Å². The van der Waals surface area contributed by atoms with Crippen LogP contribution in [0.5, 0.6) is 0 Å². The van der Waals surface area contributed by atoms with E-state index in [4.69, 9.17) is 0 Å². The van der Waals surface area contributed by atoms with Crippen LogP contribution < -0.4 is 0 Å². The van der Waals surface area contributed by atoms with Gasteiger partial charge in [-0.2, -0.15) is 11.8 Å². The van der Waals surface area contributed by atoms with Crippen molar-refractivity contribution in [1.29, 1.82) is 0 Å². The maximum Gasteiger partial charge on any atom is 0.316 e. The summed E-state index contributed by atoms with van der Waals surface area (Å²) in [6.07, 6.45) is 4.08. The van der Waals surface area contributed by atoms with E-state index in [1.807, 2.05) is 12.5 Å². The van der Waals surface area contributed by atoms with Gasteiger partial charge in [0.2, 0.25) is 0 Å². The normalized spacial score (nSPS) is 7.60. The molecule has 0 N–H and O–H groups in total. The molecule has 0 atom stereocenters. The van der Waals surface area contributed by atoms with E-state index >= 15 is 0 Å². The second-order valence-electron chi connectivity index (χ2n) is 1.35. The molecule has 0 fully saturated rings. The molecule has 0 aliphatic heterocycles. The van der Waals surface area contributed by atoms with Crippen LogP contribution in [-0.2, 0) is 9.53 Å². The number of alkyl halides is 1. The molecule has 2 nitrogen and oxygen atoms in total. The summed E-state index contributed by atoms with van der Waals surface area (Å²) in [4.78, 5) is 10.1. The van der Waals surface area contributed by atoms with E-state index in [0.717, 1.165) is 0 Å². The number of halogens is 1. The zero-order valence-electron chi connectivity index (χ0n) is 6.52. The number of ether oxygens (including phenoxy) is 1. The van der Waals surface area contributed by atoms with Crippen molar-refractivity contribution in [3.05, 3.63) is 0 Å². The second kappa shape index (κ2) is 12.0. The molecule has 0 aliphatic rings. The predicted octanol–water partition coefficient (Wildman–Crippen LogP) is 1.92. The second-order valence-corrected chi connectivity index (χ2v) is 2.72. The van der Waals surface area contributed by atoms with Crippen molar-refractivity contribution in [1.82, 2.24) is 0 Å². The van der Waals surface area contributed by atoms with Crippen LogP contribution in [0, 0.1) is 0 Å². The van der Waals surface area contributed by atoms with Crippen LogP contribution in [0.15, 0.2) is 0 Å². The Hall–Kier alpha value is 0.300. The molecule has 0 aromatic rings. The maximum absolute atomic E-state index is 10.1. The van der Waals surface area contributed by atoms with E-state index < -0.39 is 0 Å². The van der Waals surface area contributed by atoms with Gasteiger partial charge in [0.05, 0.1) is 6.61 Å². The molecular weight excluding hydrogens is 216 g/mol. The lowest BCUT2D eigenvalue weighted by Crippen LogP contribution is -2.03. The molecule has 0 aromatic carbocycles. The van der Waals surface area contributed by atoms with Crippen molar-refractivity contribution < 1.29 is 9.53 Å². The summed E-state index contributed by atoms with van der Waals surface area (Å²) >= 11 is 4.69. The molecule has 0 spiro atoms. The van der Waals surface area contributed by atoms with Crippen LogP contribution >= 0.6 is 27.7 Å². The molecule has 0 aromatic heterocycles. The van der Waals surface area contributed by atoms with Gasteiger partial charge in [0.25, 0.3) is 0 Å². The monoisotopic (exact) mass is 228 g/mol. The third-order valence-electron chi connectivity index (χ3n) is 0.414. The molecule has 0 unspecified atom stereocenters. The van der Waals surface area contributed by atoms with E-state index in [1.54, 1.807) is 18.7 Å². The van der Waals surface area contributed by atoms with Crippen molar-refractivity contribution in [2.24, 2.45) is 0 Å². The van der Waals surface area contributed by atoms with E-state index in [2.05, 4.69) is 20.7 Å². The molecule has 62 valence electrons. The average Bonchev–Trinajstić information content (AvgIpc) is 1.90. The number of carbonyl (C=O) groups is 1. The largest absolute Gasteiger partial charge is 0.465 e. The van der Waals surface area contributed by atoms with Gasteiger partial charge in [-0.1, -0.05) is 15.9 Å². The Morgan fingerprint density at radius 2 is 2.00 bits per heavy atom. The summed E-state index contributed by atoms with van der Waals surface area (Å²) < 4.78 is 4.51. The Balaban J connectivity index is 0. The predicted molar refractivity (Wildman–Crippen MR) is 49.9 cm³/mol. The maximum atomic E-state index is 10.1. The number of hydrogen-bond acceptors (Lipinski definition) is 3. The van der Waals surface area contributed by atoms with Gasteiger partial charge in [-0.25, -0.2) is 0 Å². The third-order valence-corrected chi connectivity index (χ3v) is 0.872. The van der Waals surface area contributed by atoms with Gasteiger partial charge in [-0.15, -0.1) is 0 Å². The van der Waals surface area contributed by atoms with Crippen molar-refractivity contribution in [2.75, 3.05) is 24.4 Å². The number of esters is 1. The lowest BCUT2D eigenvalue weighted by Gasteiger charge is -1.92. The molecule has 0 bridgehead atoms. The Bertz CT molecular complexity index is 78.1. The first-order chi connectivity index (χ1) is 4.72. The SMILES string of the molecule is CCOC(=O)CBr.CSC. The summed E-state index contributed by atoms with van der Waals surface area (Å²) in [6.45, 7) is 2.24. The number of thioether (sulfide) groups is 1. The van der Waals surface area contributed by atoms with Gasteiger partial charge in [-0.05, 0) is 19.4 Å². The lowest BCUT2D eigenvalue weighted by atomic mass is 10.8. The fraction of sp³-hybridized carbons (Fsp3) is 0.833. The molecule has 10 heavy (non-hydrogen) atoms. The van der Waals surface area contributed by atoms with Gasteiger partial charge in [-0.3, -0.25) is 4.79 Å². The summed E-state index contributed by atoms with van der Waals surface area (Å²) in [7, 11) is 0. The molecule has 0 saturated heterocycles. The first-order valence-electron chi connectivity index (χ1n) is 2.84. The van der Waals surface area contributed by atoms with Crippen LogP contribution in [0.4, 0.5) is 0 Å². The highest BCUT2D eigenvalue weighted by Gasteiger charge is 1.92. The molecule has 0 radical (unpaired) electrons. The molecule has 0 aliphatic carbocycles. The zero-order valence-corrected chi connectivity index (χ0v) is 8.92. The zero-order chi connectivity index (χ0) is 8.41. The fourth-order valence-corrected chi connectivity index (χ4v) is 0.361. The first-order valence-corrected chi connectivity index (χ1v) is 5.60. The summed E-state index contributed by atoms with van der Waals surface area (Å²) in [5.41, 5.74) is 0. The molecule has 0 heterocycles. The average molecular weight is 229 g/mol. The Morgan fingerprint density at radius 1 is 1.60 bits per heavy atom. The Labute approximate surface area is 74.8 Å². The van der Waals surface area contributed by atoms with E-state index in [9.17, 15) is 4.79 Å². The molecule has 4 heteroatoms. The van der Waals surface area contributed by atoms with Crippen LogP contribution in [-0.4, -0.2) is 30.4 Å². The number of hydrogen-bond donors (Lipinski definition) is 0. The quantitative estimate of drug-likeness (QED) is 0.534. The van der Waals surface area contributed by atoms with Crippen LogP contribution in [0.25, 0.3) is 0 Å². The van der Waals surface area contributed by atoms with Crippen LogP contribution in [0.3, 0.4) is 0 Å². The van der Waals surface area contributed by atoms with Crippen molar-refractivity contribution in [2.45, 2.75) is 6.92 Å². The van der Waals surface area contributed by atoms with Gasteiger partial charge < -0.3 is 4.74 Å². The minimum Gasteiger partial charge on any atom is -0.465 e. The smallest absolute Gasteiger partial charge is 0.316 e. The van der Waals surface area contributed by atoms with Gasteiger partial charge >= 0.3 is 5.97 Å². The Morgan fingerprint density at radius 3 is 2.10 bits per heavy atom. The summed E-state index contributed by atoms with van der Waals surface area (Å²) in [5, 5.41) is 0.292. The van der Waals surface area contributed by atoms with E-state index in [0.29, 0.717) is 11.9 Å². The van der Waals surface area contributed by atoms with Crippen molar-refractivity contribution in [3.63, 3.8) is 0 Å². The summed E-state index contributed by atoms with van der Waals surface area (Å²) in [6, 6.07) is 0. The molecule has 0 saturated carbocycles. The van der Waals surface area contributed by atoms with Crippen molar-refractivity contribution >= 4 is 33.7 Å². The molecule has 0 rings (SSSR count). The standard InChI is InChI=1S/C4H7BrO2.C2H6S/c1-2-7-4(6)3-5;1-3-2/h2-3H2,1H3;1-2H3. The summed E-state index contributed by atoms with van der Waals surface area (Å²) in [5.74, 6) is -0.206. The highest BCUT2D eigenvalue weighted by molar-refractivity contribution is 9.09. The lowest BCUT2D eigenvalue weighted by molar-refractivity contribution is -0.139. The third kappa shape index (κ3) is 15.7. The van der Waals surface area contributed by atoms with Crippen LogP contribution in [0.2, 0.25) is 0 Å².